The Morgan fingerprint density at radius 3 is 2.16 bits per heavy atom. The molecule has 1 atom stereocenters. The molecule has 0 radical (unpaired) electrons. The van der Waals surface area contributed by atoms with Crippen molar-refractivity contribution in [1.29, 1.82) is 0 Å². The third kappa shape index (κ3) is 10.5. The summed E-state index contributed by atoms with van der Waals surface area (Å²) in [6.07, 6.45) is 1.22. The predicted octanol–water partition coefficient (Wildman–Crippen LogP) is 1.88. The molecule has 0 amide bonds. The Balaban J connectivity index is 3.74. The number of carbonyl (C=O) groups excluding carboxylic acids is 2. The van der Waals surface area contributed by atoms with Gasteiger partial charge in [0, 0.05) is 6.42 Å². The van der Waals surface area contributed by atoms with Gasteiger partial charge in [-0.1, -0.05) is 27.7 Å². The Hall–Kier alpha value is -1.10. The minimum Gasteiger partial charge on any atom is -0.465 e. The highest BCUT2D eigenvalue weighted by molar-refractivity contribution is 5.77. The lowest BCUT2D eigenvalue weighted by molar-refractivity contribution is -0.147. The van der Waals surface area contributed by atoms with Crippen LogP contribution in [0.5, 0.6) is 0 Å². The molecule has 0 aliphatic heterocycles. The number of hydrogen-bond donors (Lipinski definition) is 1. The molecule has 0 aliphatic carbocycles. The van der Waals surface area contributed by atoms with Crippen LogP contribution >= 0.6 is 0 Å². The van der Waals surface area contributed by atoms with Gasteiger partial charge in [0.25, 0.3) is 0 Å². The van der Waals surface area contributed by atoms with Gasteiger partial charge in [0.1, 0.15) is 6.04 Å². The molecule has 0 aromatic carbocycles. The Bertz CT molecular complexity index is 277. The van der Waals surface area contributed by atoms with Crippen LogP contribution in [-0.4, -0.2) is 31.2 Å². The van der Waals surface area contributed by atoms with Crippen LogP contribution < -0.4 is 5.73 Å². The van der Waals surface area contributed by atoms with Crippen LogP contribution in [0.2, 0.25) is 0 Å². The fraction of sp³-hybridized carbons (Fsp3) is 0.857. The Kier molecular flexibility index (Phi) is 9.21. The molecule has 0 aromatic rings. The average molecular weight is 273 g/mol. The van der Waals surface area contributed by atoms with Crippen LogP contribution in [-0.2, 0) is 19.1 Å². The molecule has 112 valence electrons. The summed E-state index contributed by atoms with van der Waals surface area (Å²) < 4.78 is 10.0. The second-order valence-electron chi connectivity index (χ2n) is 5.57. The van der Waals surface area contributed by atoms with E-state index in [9.17, 15) is 9.59 Å². The van der Waals surface area contributed by atoms with Crippen molar-refractivity contribution in [3.63, 3.8) is 0 Å². The number of rotatable bonds is 9. The zero-order chi connectivity index (χ0) is 14.8. The van der Waals surface area contributed by atoms with Crippen molar-refractivity contribution in [2.24, 2.45) is 17.6 Å². The maximum absolute atomic E-state index is 11.5. The highest BCUT2D eigenvalue weighted by Crippen LogP contribution is 2.03. The molecule has 5 heteroatoms. The zero-order valence-electron chi connectivity index (χ0n) is 12.5. The largest absolute Gasteiger partial charge is 0.465 e. The normalized spacial score (nSPS) is 12.6. The summed E-state index contributed by atoms with van der Waals surface area (Å²) in [5.41, 5.74) is 5.66. The molecule has 2 N–H and O–H groups in total. The van der Waals surface area contributed by atoms with Gasteiger partial charge >= 0.3 is 11.9 Å². The van der Waals surface area contributed by atoms with Crippen molar-refractivity contribution in [2.75, 3.05) is 13.2 Å². The van der Waals surface area contributed by atoms with E-state index >= 15 is 0 Å². The highest BCUT2D eigenvalue weighted by atomic mass is 16.5. The Morgan fingerprint density at radius 2 is 1.63 bits per heavy atom. The van der Waals surface area contributed by atoms with Crippen molar-refractivity contribution < 1.29 is 19.1 Å². The summed E-state index contributed by atoms with van der Waals surface area (Å²) in [6, 6.07) is -0.751. The maximum Gasteiger partial charge on any atom is 0.322 e. The van der Waals surface area contributed by atoms with E-state index in [1.54, 1.807) is 0 Å². The molecule has 0 unspecified atom stereocenters. The van der Waals surface area contributed by atoms with Crippen molar-refractivity contribution >= 4 is 11.9 Å². The third-order valence-corrected chi connectivity index (χ3v) is 2.48. The molecule has 0 bridgehead atoms. The van der Waals surface area contributed by atoms with Gasteiger partial charge in [-0.05, 0) is 24.7 Å². The van der Waals surface area contributed by atoms with Gasteiger partial charge in [-0.3, -0.25) is 9.59 Å². The summed E-state index contributed by atoms with van der Waals surface area (Å²) in [7, 11) is 0. The third-order valence-electron chi connectivity index (χ3n) is 2.48. The number of esters is 2. The molecule has 0 aliphatic rings. The smallest absolute Gasteiger partial charge is 0.322 e. The lowest BCUT2D eigenvalue weighted by Gasteiger charge is -2.12. The van der Waals surface area contributed by atoms with Crippen LogP contribution in [0.3, 0.4) is 0 Å². The van der Waals surface area contributed by atoms with E-state index in [0.29, 0.717) is 25.0 Å². The highest BCUT2D eigenvalue weighted by Gasteiger charge is 2.17. The van der Waals surface area contributed by atoms with E-state index in [4.69, 9.17) is 15.2 Å². The summed E-state index contributed by atoms with van der Waals surface area (Å²) in [5, 5.41) is 0. The van der Waals surface area contributed by atoms with E-state index < -0.39 is 12.0 Å². The quantitative estimate of drug-likeness (QED) is 0.649. The molecule has 0 rings (SSSR count). The number of nitrogens with two attached hydrogens (primary N) is 1. The standard InChI is InChI=1S/C14H27NO4/c1-10(2)7-8-18-14(17)12(15)5-6-13(16)19-9-11(3)4/h10-12H,5-9,15H2,1-4H3/t12-/m1/s1. The second-order valence-corrected chi connectivity index (χ2v) is 5.57. The van der Waals surface area contributed by atoms with Gasteiger partial charge in [0.2, 0.25) is 0 Å². The van der Waals surface area contributed by atoms with Crippen LogP contribution in [0.25, 0.3) is 0 Å². The lowest BCUT2D eigenvalue weighted by Crippen LogP contribution is -2.33. The van der Waals surface area contributed by atoms with Crippen molar-refractivity contribution in [2.45, 2.75) is 53.0 Å². The summed E-state index contributed by atoms with van der Waals surface area (Å²) in [4.78, 5) is 22.9. The summed E-state index contributed by atoms with van der Waals surface area (Å²) >= 11 is 0. The molecule has 19 heavy (non-hydrogen) atoms. The van der Waals surface area contributed by atoms with Crippen LogP contribution in [0.1, 0.15) is 47.0 Å². The molecule has 0 spiro atoms. The first-order valence-electron chi connectivity index (χ1n) is 6.90. The second kappa shape index (κ2) is 9.78. The van der Waals surface area contributed by atoms with Gasteiger partial charge < -0.3 is 15.2 Å². The van der Waals surface area contributed by atoms with Gasteiger partial charge in [0.05, 0.1) is 13.2 Å². The van der Waals surface area contributed by atoms with Crippen LogP contribution in [0.4, 0.5) is 0 Å². The number of carbonyl (C=O) groups is 2. The first-order chi connectivity index (χ1) is 8.82. The predicted molar refractivity (Wildman–Crippen MR) is 73.4 cm³/mol. The molecule has 0 heterocycles. The molecule has 0 aromatic heterocycles. The molecule has 5 nitrogen and oxygen atoms in total. The van der Waals surface area contributed by atoms with E-state index in [1.165, 1.54) is 0 Å². The molecular formula is C14H27NO4. The minimum absolute atomic E-state index is 0.146. The number of hydrogen-bond acceptors (Lipinski definition) is 5. The maximum atomic E-state index is 11.5. The van der Waals surface area contributed by atoms with E-state index in [1.807, 2.05) is 13.8 Å². The van der Waals surface area contributed by atoms with E-state index in [-0.39, 0.29) is 18.8 Å². The van der Waals surface area contributed by atoms with E-state index in [0.717, 1.165) is 6.42 Å². The van der Waals surface area contributed by atoms with Crippen LogP contribution in [0.15, 0.2) is 0 Å². The summed E-state index contributed by atoms with van der Waals surface area (Å²) in [5.74, 6) is 0.0186. The van der Waals surface area contributed by atoms with Crippen molar-refractivity contribution in [3.05, 3.63) is 0 Å². The fourth-order valence-electron chi connectivity index (χ4n) is 1.23. The Morgan fingerprint density at radius 1 is 1.00 bits per heavy atom. The van der Waals surface area contributed by atoms with Gasteiger partial charge in [0.15, 0.2) is 0 Å². The Labute approximate surface area is 115 Å². The fourth-order valence-corrected chi connectivity index (χ4v) is 1.23. The molecule has 0 saturated heterocycles. The van der Waals surface area contributed by atoms with Gasteiger partial charge in [-0.15, -0.1) is 0 Å². The first kappa shape index (κ1) is 17.9. The minimum atomic E-state index is -0.751. The lowest BCUT2D eigenvalue weighted by atomic mass is 10.1. The molecule has 0 fully saturated rings. The SMILES string of the molecule is CC(C)CCOC(=O)[C@H](N)CCC(=O)OCC(C)C. The van der Waals surface area contributed by atoms with Crippen molar-refractivity contribution in [3.8, 4) is 0 Å². The van der Waals surface area contributed by atoms with Gasteiger partial charge in [-0.25, -0.2) is 0 Å². The zero-order valence-corrected chi connectivity index (χ0v) is 12.5. The summed E-state index contributed by atoms with van der Waals surface area (Å²) in [6.45, 7) is 8.81. The number of ether oxygens (including phenoxy) is 2. The first-order valence-corrected chi connectivity index (χ1v) is 6.90. The molecule has 0 saturated carbocycles. The topological polar surface area (TPSA) is 78.6 Å². The monoisotopic (exact) mass is 273 g/mol. The van der Waals surface area contributed by atoms with Crippen LogP contribution in [0, 0.1) is 11.8 Å². The average Bonchev–Trinajstić information content (AvgIpc) is 2.32. The van der Waals surface area contributed by atoms with E-state index in [2.05, 4.69) is 13.8 Å². The molecular weight excluding hydrogens is 246 g/mol. The van der Waals surface area contributed by atoms with Crippen molar-refractivity contribution in [1.82, 2.24) is 0 Å². The van der Waals surface area contributed by atoms with Gasteiger partial charge in [-0.2, -0.15) is 0 Å².